The van der Waals surface area contributed by atoms with Gasteiger partial charge in [0.2, 0.25) is 12.7 Å². The molecule has 0 spiro atoms. The predicted molar refractivity (Wildman–Crippen MR) is 106 cm³/mol. The maximum Gasteiger partial charge on any atom is 1.00 e. The number of carbonyl (C=O) groups excluding carboxylic acids is 1. The Hall–Kier alpha value is -0.804. The van der Waals surface area contributed by atoms with Crippen molar-refractivity contribution in [3.63, 3.8) is 0 Å². The molecule has 0 aromatic heterocycles. The van der Waals surface area contributed by atoms with Crippen molar-refractivity contribution in [2.45, 2.75) is 20.8 Å². The van der Waals surface area contributed by atoms with Gasteiger partial charge < -0.3 is 5.99 Å². The molecular weight excluding hydrogens is 366 g/mol. The number of benzene rings is 3. The van der Waals surface area contributed by atoms with Crippen molar-refractivity contribution in [3.8, 4) is 0 Å². The fourth-order valence-electron chi connectivity index (χ4n) is 3.33. The summed E-state index contributed by atoms with van der Waals surface area (Å²) in [4.78, 5) is 13.6. The Labute approximate surface area is 199 Å². The van der Waals surface area contributed by atoms with Crippen LogP contribution in [0.15, 0.2) is 72.8 Å². The third kappa shape index (κ3) is 4.04. The van der Waals surface area contributed by atoms with Gasteiger partial charge in [0.15, 0.2) is 0 Å². The molecule has 2 nitrogen and oxygen atoms in total. The van der Waals surface area contributed by atoms with Crippen LogP contribution in [-0.2, 0) is 4.57 Å². The van der Waals surface area contributed by atoms with Crippen molar-refractivity contribution in [1.82, 2.24) is 0 Å². The molecule has 0 saturated carbocycles. The topological polar surface area (TPSA) is 34.1 Å². The summed E-state index contributed by atoms with van der Waals surface area (Å²) in [6.07, 6.45) is 0. The van der Waals surface area contributed by atoms with Crippen LogP contribution >= 0.6 is 7.14 Å². The van der Waals surface area contributed by atoms with Gasteiger partial charge in [-0.05, 0) is 31.9 Å². The van der Waals surface area contributed by atoms with Gasteiger partial charge in [-0.2, -0.15) is 0 Å². The summed E-state index contributed by atoms with van der Waals surface area (Å²) < 4.78 is 14.2. The van der Waals surface area contributed by atoms with E-state index in [0.717, 1.165) is 16.7 Å². The molecule has 26 heavy (non-hydrogen) atoms. The van der Waals surface area contributed by atoms with Gasteiger partial charge >= 0.3 is 51.4 Å². The predicted octanol–water partition coefficient (Wildman–Crippen LogP) is 1.88. The first-order chi connectivity index (χ1) is 11.9. The Morgan fingerprint density at radius 1 is 0.769 bits per heavy atom. The average Bonchev–Trinajstić information content (AvgIpc) is 2.61. The molecule has 0 bridgehead atoms. The molecule has 0 aliphatic heterocycles. The second-order valence-electron chi connectivity index (χ2n) is 6.36. The minimum atomic E-state index is -3.44. The van der Waals surface area contributed by atoms with E-state index in [4.69, 9.17) is 0 Å². The van der Waals surface area contributed by atoms with Gasteiger partial charge in [0, 0.05) is 16.2 Å². The quantitative estimate of drug-likeness (QED) is 0.505. The molecule has 0 heterocycles. The molecule has 3 aromatic carbocycles. The van der Waals surface area contributed by atoms with Crippen molar-refractivity contribution < 1.29 is 62.2 Å². The summed E-state index contributed by atoms with van der Waals surface area (Å²) in [5.41, 5.74) is 3.12. The summed E-state index contributed by atoms with van der Waals surface area (Å²) in [5, 5.41) is 1.15. The van der Waals surface area contributed by atoms with Crippen molar-refractivity contribution in [3.05, 3.63) is 95.1 Å². The Morgan fingerprint density at radius 3 is 1.54 bits per heavy atom. The van der Waals surface area contributed by atoms with Crippen molar-refractivity contribution in [2.75, 3.05) is 0 Å². The molecule has 3 aromatic rings. The van der Waals surface area contributed by atoms with Crippen LogP contribution in [0.2, 0.25) is 0 Å². The zero-order valence-corrected chi connectivity index (χ0v) is 19.7. The number of hydrogen-bond donors (Lipinski definition) is 0. The minimum absolute atomic E-state index is 0. The molecule has 128 valence electrons. The van der Waals surface area contributed by atoms with E-state index in [1.807, 2.05) is 69.3 Å². The summed E-state index contributed by atoms with van der Waals surface area (Å²) >= 11 is 0. The van der Waals surface area contributed by atoms with Crippen molar-refractivity contribution in [2.24, 2.45) is 0 Å². The van der Waals surface area contributed by atoms with E-state index in [2.05, 4.69) is 0 Å². The molecule has 0 saturated heterocycles. The molecule has 0 unspecified atom stereocenters. The van der Waals surface area contributed by atoms with Crippen molar-refractivity contribution in [1.29, 1.82) is 0 Å². The number of hydrogen-bond acceptors (Lipinski definition) is 2. The summed E-state index contributed by atoms with van der Waals surface area (Å²) in [6, 6.07) is 22.1. The van der Waals surface area contributed by atoms with E-state index < -0.39 is 7.14 Å². The Morgan fingerprint density at radius 2 is 1.15 bits per heavy atom. The second kappa shape index (κ2) is 8.92. The van der Waals surface area contributed by atoms with Crippen LogP contribution in [0.1, 0.15) is 28.5 Å². The van der Waals surface area contributed by atoms with Gasteiger partial charge in [-0.25, -0.2) is 0 Å². The fraction of sp³-hybridized carbons (Fsp3) is 0.136. The molecule has 0 amide bonds. The first-order valence-corrected chi connectivity index (χ1v) is 9.99. The van der Waals surface area contributed by atoms with E-state index in [1.54, 1.807) is 24.3 Å². The van der Waals surface area contributed by atoms with Crippen LogP contribution in [0.4, 0.5) is 0 Å². The molecule has 0 atom stereocenters. The summed E-state index contributed by atoms with van der Waals surface area (Å²) in [7, 11) is -3.44. The monoisotopic (exact) mass is 388 g/mol. The van der Waals surface area contributed by atoms with Crippen LogP contribution < -0.4 is 62.0 Å². The van der Waals surface area contributed by atoms with Crippen molar-refractivity contribution >= 4 is 23.3 Å². The molecule has 0 N–H and O–H groups in total. The van der Waals surface area contributed by atoms with Gasteiger partial charge in [0.1, 0.15) is 0 Å². The maximum absolute atomic E-state index is 14.2. The zero-order chi connectivity index (χ0) is 18.0. The average molecular weight is 388 g/mol. The van der Waals surface area contributed by atoms with Crippen LogP contribution in [0.25, 0.3) is 0 Å². The number of carbonyl (C=O) groups is 1. The van der Waals surface area contributed by atoms with E-state index in [0.29, 0.717) is 16.2 Å². The zero-order valence-electron chi connectivity index (χ0n) is 16.7. The third-order valence-corrected chi connectivity index (χ3v) is 7.26. The third-order valence-electron chi connectivity index (χ3n) is 4.42. The van der Waals surface area contributed by atoms with Gasteiger partial charge in [0.25, 0.3) is 0 Å². The molecular formula is C22H22KO2P. The Bertz CT molecular complexity index is 906. The largest absolute Gasteiger partial charge is 1.00 e. The number of rotatable bonds is 4. The summed E-state index contributed by atoms with van der Waals surface area (Å²) in [6.45, 7) is 5.82. The van der Waals surface area contributed by atoms with Crippen LogP contribution in [0.3, 0.4) is 0 Å². The minimum Gasteiger partial charge on any atom is -1.00 e. The van der Waals surface area contributed by atoms with Gasteiger partial charge in [-0.1, -0.05) is 78.4 Å². The van der Waals surface area contributed by atoms with Gasteiger partial charge in [0.05, 0.1) is 0 Å². The van der Waals surface area contributed by atoms with E-state index >= 15 is 0 Å². The van der Waals surface area contributed by atoms with Crippen LogP contribution in [-0.4, -0.2) is 5.52 Å². The molecule has 0 aliphatic rings. The first kappa shape index (κ1) is 21.5. The first-order valence-electron chi connectivity index (χ1n) is 8.28. The molecule has 0 aliphatic carbocycles. The molecule has 0 radical (unpaired) electrons. The Kier molecular flexibility index (Phi) is 7.38. The van der Waals surface area contributed by atoms with Crippen LogP contribution in [0.5, 0.6) is 0 Å². The maximum atomic E-state index is 14.2. The standard InChI is InChI=1S/C22H21O2P.K.H/c1-16-14-17(2)21(18(3)15-16)22(23)25(24,19-10-6-4-7-11-19)20-12-8-5-9-13-20;;/h4-15H,1-3H3;;/q;+1;-1. The fourth-order valence-corrected chi connectivity index (χ4v) is 5.95. The number of aryl methyl sites for hydroxylation is 3. The van der Waals surface area contributed by atoms with E-state index in [9.17, 15) is 9.36 Å². The smallest absolute Gasteiger partial charge is 1.00 e. The Balaban J connectivity index is 0.00000182. The SMILES string of the molecule is Cc1cc(C)c(C(=O)P(=O)(c2ccccc2)c2ccccc2)c(C)c1.[H-].[K+]. The van der Waals surface area contributed by atoms with Gasteiger partial charge in [-0.15, -0.1) is 0 Å². The summed E-state index contributed by atoms with van der Waals surface area (Å²) in [5.74, 6) is 0. The molecule has 4 heteroatoms. The van der Waals surface area contributed by atoms with E-state index in [-0.39, 0.29) is 58.3 Å². The normalized spacial score (nSPS) is 10.9. The molecule has 3 rings (SSSR count). The van der Waals surface area contributed by atoms with Crippen LogP contribution in [0, 0.1) is 20.8 Å². The molecule has 0 fully saturated rings. The van der Waals surface area contributed by atoms with Gasteiger partial charge in [-0.3, -0.25) is 4.79 Å². The second-order valence-corrected chi connectivity index (χ2v) is 9.02. The van der Waals surface area contributed by atoms with E-state index in [1.165, 1.54) is 0 Å².